The molecular weight excluding hydrogens is 622 g/mol. The number of likely N-dealkylation sites (tertiary alicyclic amines) is 1. The monoisotopic (exact) mass is 649 g/mol. The maximum absolute atomic E-state index is 13.9. The van der Waals surface area contributed by atoms with Gasteiger partial charge in [0, 0.05) is 35.0 Å². The molecule has 8 rings (SSSR count). The Morgan fingerprint density at radius 2 is 1.96 bits per heavy atom. The van der Waals surface area contributed by atoms with E-state index in [2.05, 4.69) is 50.8 Å². The van der Waals surface area contributed by atoms with E-state index in [9.17, 15) is 19.5 Å². The minimum atomic E-state index is -1.44. The lowest BCUT2D eigenvalue weighted by atomic mass is 9.47. The fraction of sp³-hybridized carbons (Fsp3) is 0.452. The Balaban J connectivity index is 1.20. The van der Waals surface area contributed by atoms with Crippen LogP contribution in [0.5, 0.6) is 5.75 Å². The predicted molar refractivity (Wildman–Crippen MR) is 167 cm³/mol. The van der Waals surface area contributed by atoms with Gasteiger partial charge in [0.15, 0.2) is 17.9 Å². The summed E-state index contributed by atoms with van der Waals surface area (Å²) in [5.41, 5.74) is 8.22. The SMILES string of the molecule is [N-]=[N+]=NCC(N=NC(=O)C1=C(N=O)[C@@H]2Oc3c(N=O)ccc4c3[C@@]23CCN(CC2CC2)[C@H](C4)[C@]3(N=O)C1)c1nc(-c2ccccc2)no1. The summed E-state index contributed by atoms with van der Waals surface area (Å²) in [6, 6.07) is 10.9. The lowest BCUT2D eigenvalue weighted by molar-refractivity contribution is -0.116. The topological polar surface area (TPSA) is 230 Å². The molecule has 5 atom stereocenters. The Hall–Kier alpha value is -5.54. The molecule has 1 amide bonds. The summed E-state index contributed by atoms with van der Waals surface area (Å²) in [7, 11) is 0. The highest BCUT2D eigenvalue weighted by Crippen LogP contribution is 2.68. The van der Waals surface area contributed by atoms with Gasteiger partial charge in [-0.25, -0.2) is 0 Å². The number of hydrogen-bond acceptors (Lipinski definition) is 14. The minimum Gasteiger partial charge on any atom is -0.480 e. The zero-order valence-electron chi connectivity index (χ0n) is 25.4. The molecule has 17 heteroatoms. The number of piperidine rings is 1. The average molecular weight is 650 g/mol. The highest BCUT2D eigenvalue weighted by Gasteiger charge is 2.75. The summed E-state index contributed by atoms with van der Waals surface area (Å²) in [6.07, 6.45) is 1.61. The molecule has 0 radical (unpaired) electrons. The third-order valence-corrected chi connectivity index (χ3v) is 10.5. The van der Waals surface area contributed by atoms with Crippen LogP contribution in [0.2, 0.25) is 0 Å². The van der Waals surface area contributed by atoms with Gasteiger partial charge in [0.2, 0.25) is 5.82 Å². The number of hydrogen-bond donors (Lipinski definition) is 0. The molecule has 2 bridgehead atoms. The van der Waals surface area contributed by atoms with Gasteiger partial charge < -0.3 is 9.26 Å². The third-order valence-electron chi connectivity index (χ3n) is 10.5. The molecular formula is C31H27N11O6. The summed E-state index contributed by atoms with van der Waals surface area (Å²) in [5, 5.41) is 25.8. The second kappa shape index (κ2) is 11.3. The van der Waals surface area contributed by atoms with E-state index in [4.69, 9.17) is 14.8 Å². The van der Waals surface area contributed by atoms with Gasteiger partial charge in [-0.1, -0.05) is 51.8 Å². The average Bonchev–Trinajstić information content (AvgIpc) is 3.67. The molecule has 2 aromatic carbocycles. The van der Waals surface area contributed by atoms with Crippen LogP contribution in [-0.4, -0.2) is 58.3 Å². The van der Waals surface area contributed by atoms with Crippen molar-refractivity contribution in [1.82, 2.24) is 15.0 Å². The lowest BCUT2D eigenvalue weighted by Gasteiger charge is -2.61. The Bertz CT molecular complexity index is 1970. The van der Waals surface area contributed by atoms with E-state index >= 15 is 0 Å². The van der Waals surface area contributed by atoms with E-state index in [0.29, 0.717) is 36.4 Å². The van der Waals surface area contributed by atoms with Crippen LogP contribution in [0.3, 0.4) is 0 Å². The standard InChI is InChI=1S/C31H27N11O6/c32-41-33-14-21(29-34-27(39-48-29)17-4-2-1-3-5-17)35-36-28(43)19-13-31(40-46)22-12-18-8-9-20(37-44)25-23(18)30(31,26(47-25)24(19)38-45)10-11-42(22)15-16-6-7-16/h1-5,8-9,16,21-22,26H,6-7,10-15H2/t21?,22-,26+,30+,31-/m1/s1. The normalized spacial score (nSPS) is 27.5. The first-order valence-electron chi connectivity index (χ1n) is 15.6. The lowest BCUT2D eigenvalue weighted by Crippen LogP contribution is -2.74. The molecule has 3 heterocycles. The van der Waals surface area contributed by atoms with Crippen LogP contribution in [0, 0.1) is 20.6 Å². The van der Waals surface area contributed by atoms with Gasteiger partial charge in [-0.2, -0.15) is 15.0 Å². The minimum absolute atomic E-state index is 0.0318. The van der Waals surface area contributed by atoms with Gasteiger partial charge in [-0.05, 0) is 65.7 Å². The van der Waals surface area contributed by atoms with E-state index in [-0.39, 0.29) is 47.4 Å². The molecule has 48 heavy (non-hydrogen) atoms. The summed E-state index contributed by atoms with van der Waals surface area (Å²) in [5.74, 6) is -0.0415. The number of rotatable bonds is 11. The second-order valence-electron chi connectivity index (χ2n) is 12.8. The summed E-state index contributed by atoms with van der Waals surface area (Å²) in [4.78, 5) is 61.2. The van der Waals surface area contributed by atoms with Crippen molar-refractivity contribution in [3.8, 4) is 17.1 Å². The van der Waals surface area contributed by atoms with Gasteiger partial charge in [0.05, 0.1) is 17.5 Å². The molecule has 0 N–H and O–H groups in total. The van der Waals surface area contributed by atoms with Crippen molar-refractivity contribution in [2.75, 3.05) is 19.6 Å². The zero-order valence-corrected chi connectivity index (χ0v) is 25.4. The number of azide groups is 1. The van der Waals surface area contributed by atoms with E-state index in [1.807, 2.05) is 12.1 Å². The fourth-order valence-corrected chi connectivity index (χ4v) is 8.24. The van der Waals surface area contributed by atoms with E-state index in [1.54, 1.807) is 30.3 Å². The van der Waals surface area contributed by atoms with Gasteiger partial charge in [-0.15, -0.1) is 14.9 Å². The van der Waals surface area contributed by atoms with Crippen LogP contribution in [0.1, 0.15) is 48.7 Å². The Morgan fingerprint density at radius 1 is 1.12 bits per heavy atom. The molecule has 1 unspecified atom stereocenters. The molecule has 1 aromatic heterocycles. The Kier molecular flexibility index (Phi) is 7.03. The van der Waals surface area contributed by atoms with Crippen LogP contribution < -0.4 is 4.74 Å². The van der Waals surface area contributed by atoms with Crippen LogP contribution in [0.15, 0.2) is 89.1 Å². The van der Waals surface area contributed by atoms with Crippen molar-refractivity contribution >= 4 is 11.6 Å². The number of ether oxygens (including phenoxy) is 1. The third kappa shape index (κ3) is 4.27. The van der Waals surface area contributed by atoms with Crippen molar-refractivity contribution in [3.63, 3.8) is 0 Å². The van der Waals surface area contributed by atoms with Gasteiger partial charge >= 0.3 is 0 Å². The van der Waals surface area contributed by atoms with Crippen molar-refractivity contribution < 1.29 is 14.1 Å². The largest absolute Gasteiger partial charge is 0.480 e. The van der Waals surface area contributed by atoms with Crippen molar-refractivity contribution in [2.45, 2.75) is 61.2 Å². The highest BCUT2D eigenvalue weighted by atomic mass is 16.5. The summed E-state index contributed by atoms with van der Waals surface area (Å²) in [6.45, 7) is 1.09. The molecule has 5 aliphatic rings. The first-order valence-corrected chi connectivity index (χ1v) is 15.6. The number of carbonyl (C=O) groups is 1. The zero-order chi connectivity index (χ0) is 33.0. The molecule has 3 aromatic rings. The smallest absolute Gasteiger partial charge is 0.293 e. The van der Waals surface area contributed by atoms with Crippen molar-refractivity contribution in [2.24, 2.45) is 36.8 Å². The predicted octanol–water partition coefficient (Wildman–Crippen LogP) is 6.13. The van der Waals surface area contributed by atoms with Gasteiger partial charge in [0.25, 0.3) is 11.8 Å². The number of aromatic nitrogens is 2. The second-order valence-corrected chi connectivity index (χ2v) is 12.8. The number of amides is 1. The van der Waals surface area contributed by atoms with Crippen LogP contribution in [0.25, 0.3) is 21.8 Å². The highest BCUT2D eigenvalue weighted by molar-refractivity contribution is 5.96. The number of nitrogens with zero attached hydrogens (tertiary/aromatic N) is 11. The van der Waals surface area contributed by atoms with Crippen molar-refractivity contribution in [1.29, 1.82) is 0 Å². The molecule has 1 saturated heterocycles. The molecule has 3 aliphatic carbocycles. The van der Waals surface area contributed by atoms with Crippen LogP contribution in [-0.2, 0) is 16.6 Å². The number of carbonyl (C=O) groups excluding carboxylic acids is 1. The molecule has 2 aliphatic heterocycles. The molecule has 2 fully saturated rings. The fourth-order valence-electron chi connectivity index (χ4n) is 8.24. The van der Waals surface area contributed by atoms with E-state index in [0.717, 1.165) is 24.9 Å². The number of nitroso groups, excluding NO2 is 3. The van der Waals surface area contributed by atoms with Crippen LogP contribution >= 0.6 is 0 Å². The molecule has 1 saturated carbocycles. The van der Waals surface area contributed by atoms with Crippen molar-refractivity contribution in [3.05, 3.63) is 95.9 Å². The maximum Gasteiger partial charge on any atom is 0.293 e. The van der Waals surface area contributed by atoms with Gasteiger partial charge in [0.1, 0.15) is 16.9 Å². The van der Waals surface area contributed by atoms with E-state index < -0.39 is 35.0 Å². The quantitative estimate of drug-likeness (QED) is 0.100. The first kappa shape index (κ1) is 29.8. The Labute approximate surface area is 271 Å². The number of benzene rings is 2. The van der Waals surface area contributed by atoms with E-state index in [1.165, 1.54) is 0 Å². The Morgan fingerprint density at radius 3 is 2.69 bits per heavy atom. The van der Waals surface area contributed by atoms with Crippen LogP contribution in [0.4, 0.5) is 5.69 Å². The summed E-state index contributed by atoms with van der Waals surface area (Å²) >= 11 is 0. The molecule has 242 valence electrons. The summed E-state index contributed by atoms with van der Waals surface area (Å²) < 4.78 is 11.7. The first-order chi connectivity index (χ1) is 23.5. The number of azo groups is 1. The van der Waals surface area contributed by atoms with Gasteiger partial charge in [-0.3, -0.25) is 9.69 Å². The molecule has 1 spiro atoms. The maximum atomic E-state index is 13.9. The molecule has 17 nitrogen and oxygen atoms in total.